The number of aromatic nitrogens is 1. The highest BCUT2D eigenvalue weighted by Gasteiger charge is 2.16. The van der Waals surface area contributed by atoms with Crippen molar-refractivity contribution in [2.75, 3.05) is 32.2 Å². The van der Waals surface area contributed by atoms with Gasteiger partial charge in [0.15, 0.2) is 0 Å². The molecule has 1 rings (SSSR count). The number of anilines is 1. The van der Waals surface area contributed by atoms with Crippen molar-refractivity contribution in [3.63, 3.8) is 0 Å². The van der Waals surface area contributed by atoms with Crippen LogP contribution in [-0.2, 0) is 11.3 Å². The van der Waals surface area contributed by atoms with Crippen LogP contribution >= 0.6 is 0 Å². The Labute approximate surface area is 110 Å². The Hall–Kier alpha value is -1.13. The Morgan fingerprint density at radius 2 is 2.22 bits per heavy atom. The summed E-state index contributed by atoms with van der Waals surface area (Å²) in [4.78, 5) is 6.75. The maximum absolute atomic E-state index is 5.27. The summed E-state index contributed by atoms with van der Waals surface area (Å²) in [6.07, 6.45) is 1.96. The molecule has 0 amide bonds. The minimum Gasteiger partial charge on any atom is -0.383 e. The number of nitrogens with one attached hydrogen (secondary N) is 1. The first-order valence-corrected chi connectivity index (χ1v) is 6.49. The molecule has 1 aromatic rings. The molecule has 0 aromatic carbocycles. The SMILES string of the molecule is CCN(c1cc(C)ncc1CNC)C(C)COC. The molecule has 1 unspecified atom stereocenters. The van der Waals surface area contributed by atoms with Gasteiger partial charge >= 0.3 is 0 Å². The van der Waals surface area contributed by atoms with E-state index in [0.29, 0.717) is 6.04 Å². The zero-order valence-corrected chi connectivity index (χ0v) is 12.2. The average molecular weight is 251 g/mol. The van der Waals surface area contributed by atoms with E-state index in [9.17, 15) is 0 Å². The van der Waals surface area contributed by atoms with Gasteiger partial charge in [-0.3, -0.25) is 4.98 Å². The molecule has 4 nitrogen and oxygen atoms in total. The van der Waals surface area contributed by atoms with E-state index in [0.717, 1.165) is 25.4 Å². The predicted molar refractivity (Wildman–Crippen MR) is 76.1 cm³/mol. The summed E-state index contributed by atoms with van der Waals surface area (Å²) in [5, 5.41) is 3.20. The molecule has 1 N–H and O–H groups in total. The largest absolute Gasteiger partial charge is 0.383 e. The van der Waals surface area contributed by atoms with Crippen LogP contribution in [0.2, 0.25) is 0 Å². The van der Waals surface area contributed by atoms with Crippen molar-refractivity contribution in [2.45, 2.75) is 33.4 Å². The van der Waals surface area contributed by atoms with Gasteiger partial charge < -0.3 is 15.0 Å². The Morgan fingerprint density at radius 1 is 1.50 bits per heavy atom. The first-order chi connectivity index (χ1) is 8.63. The van der Waals surface area contributed by atoms with E-state index in [-0.39, 0.29) is 0 Å². The number of aryl methyl sites for hydroxylation is 1. The topological polar surface area (TPSA) is 37.4 Å². The van der Waals surface area contributed by atoms with Crippen LogP contribution in [0.4, 0.5) is 5.69 Å². The fraction of sp³-hybridized carbons (Fsp3) is 0.643. The third-order valence-electron chi connectivity index (χ3n) is 3.06. The lowest BCUT2D eigenvalue weighted by Crippen LogP contribution is -2.37. The monoisotopic (exact) mass is 251 g/mol. The van der Waals surface area contributed by atoms with Crippen LogP contribution in [0, 0.1) is 6.92 Å². The molecule has 0 aliphatic heterocycles. The number of likely N-dealkylation sites (N-methyl/N-ethyl adjacent to an activating group) is 1. The molecular weight excluding hydrogens is 226 g/mol. The van der Waals surface area contributed by atoms with Gasteiger partial charge in [-0.15, -0.1) is 0 Å². The van der Waals surface area contributed by atoms with Crippen molar-refractivity contribution >= 4 is 5.69 Å². The highest BCUT2D eigenvalue weighted by molar-refractivity contribution is 5.54. The molecular formula is C14H25N3O. The van der Waals surface area contributed by atoms with Crippen LogP contribution in [0.25, 0.3) is 0 Å². The Bertz CT molecular complexity index is 368. The van der Waals surface area contributed by atoms with Crippen LogP contribution < -0.4 is 10.2 Å². The summed E-state index contributed by atoms with van der Waals surface area (Å²) in [7, 11) is 3.70. The Kier molecular flexibility index (Phi) is 6.09. The molecule has 0 bridgehead atoms. The second-order valence-corrected chi connectivity index (χ2v) is 4.58. The summed E-state index contributed by atoms with van der Waals surface area (Å²) in [6, 6.07) is 2.51. The lowest BCUT2D eigenvalue weighted by atomic mass is 10.1. The molecule has 0 aliphatic carbocycles. The van der Waals surface area contributed by atoms with E-state index in [4.69, 9.17) is 4.74 Å². The van der Waals surface area contributed by atoms with E-state index >= 15 is 0 Å². The molecule has 0 saturated carbocycles. The van der Waals surface area contributed by atoms with Crippen molar-refractivity contribution in [1.82, 2.24) is 10.3 Å². The van der Waals surface area contributed by atoms with E-state index in [1.54, 1.807) is 7.11 Å². The zero-order chi connectivity index (χ0) is 13.5. The van der Waals surface area contributed by atoms with Crippen LogP contribution in [0.1, 0.15) is 25.1 Å². The molecule has 0 aliphatic rings. The van der Waals surface area contributed by atoms with Crippen molar-refractivity contribution in [2.24, 2.45) is 0 Å². The maximum Gasteiger partial charge on any atom is 0.0663 e. The first kappa shape index (κ1) is 14.9. The third kappa shape index (κ3) is 3.68. The van der Waals surface area contributed by atoms with Gasteiger partial charge in [0, 0.05) is 49.4 Å². The molecule has 18 heavy (non-hydrogen) atoms. The summed E-state index contributed by atoms with van der Waals surface area (Å²) in [5.74, 6) is 0. The van der Waals surface area contributed by atoms with E-state index < -0.39 is 0 Å². The molecule has 1 atom stereocenters. The highest BCUT2D eigenvalue weighted by atomic mass is 16.5. The van der Waals surface area contributed by atoms with Crippen LogP contribution in [0.15, 0.2) is 12.3 Å². The van der Waals surface area contributed by atoms with Gasteiger partial charge in [-0.05, 0) is 33.9 Å². The summed E-state index contributed by atoms with van der Waals surface area (Å²) < 4.78 is 5.27. The fourth-order valence-corrected chi connectivity index (χ4v) is 2.22. The van der Waals surface area contributed by atoms with Crippen molar-refractivity contribution in [3.8, 4) is 0 Å². The number of hydrogen-bond donors (Lipinski definition) is 1. The van der Waals surface area contributed by atoms with Crippen molar-refractivity contribution < 1.29 is 4.74 Å². The van der Waals surface area contributed by atoms with Crippen LogP contribution in [0.5, 0.6) is 0 Å². The predicted octanol–water partition coefficient (Wildman–Crippen LogP) is 1.97. The standard InChI is InChI=1S/C14H25N3O/c1-6-17(12(3)10-18-5)14-7-11(2)16-9-13(14)8-15-4/h7,9,12,15H,6,8,10H2,1-5H3. The van der Waals surface area contributed by atoms with Gasteiger partial charge in [-0.25, -0.2) is 0 Å². The maximum atomic E-state index is 5.27. The molecule has 0 saturated heterocycles. The number of methoxy groups -OCH3 is 1. The number of pyridine rings is 1. The molecule has 4 heteroatoms. The molecule has 102 valence electrons. The van der Waals surface area contributed by atoms with E-state index in [2.05, 4.69) is 35.1 Å². The molecule has 0 fully saturated rings. The first-order valence-electron chi connectivity index (χ1n) is 6.49. The lowest BCUT2D eigenvalue weighted by Gasteiger charge is -2.31. The molecule has 1 heterocycles. The molecule has 0 radical (unpaired) electrons. The molecule has 1 aromatic heterocycles. The average Bonchev–Trinajstić information content (AvgIpc) is 2.34. The minimum absolute atomic E-state index is 0.359. The number of nitrogens with zero attached hydrogens (tertiary/aromatic N) is 2. The van der Waals surface area contributed by atoms with Gasteiger partial charge in [0.05, 0.1) is 6.61 Å². The van der Waals surface area contributed by atoms with Gasteiger partial charge in [0.1, 0.15) is 0 Å². The van der Waals surface area contributed by atoms with Crippen LogP contribution in [0.3, 0.4) is 0 Å². The highest BCUT2D eigenvalue weighted by Crippen LogP contribution is 2.23. The number of rotatable bonds is 7. The zero-order valence-electron chi connectivity index (χ0n) is 12.2. The lowest BCUT2D eigenvalue weighted by molar-refractivity contribution is 0.182. The smallest absolute Gasteiger partial charge is 0.0663 e. The van der Waals surface area contributed by atoms with E-state index in [1.807, 2.05) is 20.2 Å². The normalized spacial score (nSPS) is 12.5. The number of ether oxygens (including phenoxy) is 1. The second kappa shape index (κ2) is 7.34. The van der Waals surface area contributed by atoms with Crippen LogP contribution in [-0.4, -0.2) is 38.3 Å². The summed E-state index contributed by atoms with van der Waals surface area (Å²) in [5.41, 5.74) is 3.53. The van der Waals surface area contributed by atoms with Crippen molar-refractivity contribution in [3.05, 3.63) is 23.5 Å². The second-order valence-electron chi connectivity index (χ2n) is 4.58. The minimum atomic E-state index is 0.359. The third-order valence-corrected chi connectivity index (χ3v) is 3.06. The van der Waals surface area contributed by atoms with Gasteiger partial charge in [-0.2, -0.15) is 0 Å². The van der Waals surface area contributed by atoms with Gasteiger partial charge in [-0.1, -0.05) is 0 Å². The Morgan fingerprint density at radius 3 is 2.78 bits per heavy atom. The summed E-state index contributed by atoms with van der Waals surface area (Å²) >= 11 is 0. The molecule has 0 spiro atoms. The number of hydrogen-bond acceptors (Lipinski definition) is 4. The quantitative estimate of drug-likeness (QED) is 0.804. The fourth-order valence-electron chi connectivity index (χ4n) is 2.22. The van der Waals surface area contributed by atoms with E-state index in [1.165, 1.54) is 11.3 Å². The Balaban J connectivity index is 3.05. The van der Waals surface area contributed by atoms with Gasteiger partial charge in [0.25, 0.3) is 0 Å². The van der Waals surface area contributed by atoms with Crippen molar-refractivity contribution in [1.29, 1.82) is 0 Å². The van der Waals surface area contributed by atoms with Gasteiger partial charge in [0.2, 0.25) is 0 Å². The summed E-state index contributed by atoms with van der Waals surface area (Å²) in [6.45, 7) is 8.91.